The number of hydrogen-bond donors (Lipinski definition) is 3. The van der Waals surface area contributed by atoms with Gasteiger partial charge in [-0.1, -0.05) is 35.6 Å². The normalized spacial score (nSPS) is 11.0. The summed E-state index contributed by atoms with van der Waals surface area (Å²) in [6, 6.07) is 17.3. The van der Waals surface area contributed by atoms with E-state index in [-0.39, 0.29) is 15.7 Å². The van der Waals surface area contributed by atoms with Crippen molar-refractivity contribution in [1.29, 1.82) is 5.26 Å². The third kappa shape index (κ3) is 5.83. The lowest BCUT2D eigenvalue weighted by atomic mass is 10.1. The number of aromatic carboxylic acids is 1. The number of benzene rings is 2. The van der Waals surface area contributed by atoms with Crippen LogP contribution in [0.3, 0.4) is 0 Å². The van der Waals surface area contributed by atoms with Crippen molar-refractivity contribution < 1.29 is 18.3 Å². The van der Waals surface area contributed by atoms with Crippen molar-refractivity contribution in [2.24, 2.45) is 0 Å². The van der Waals surface area contributed by atoms with Crippen molar-refractivity contribution in [3.63, 3.8) is 0 Å². The first-order chi connectivity index (χ1) is 17.1. The first kappa shape index (κ1) is 24.8. The third-order valence-electron chi connectivity index (χ3n) is 5.07. The standard InChI is InChI=1S/C24H20N6O4S2/c1-14-21(22(31)32)35-24(27-14)30-23-28-19(17-7-3-15(12-25)4-8-17)11-20(29-23)26-13-16-5-9-18(10-6-16)36(2,33)34/h3-11H,13H2,1-2H3,(H,31,32)(H2,26,27,28,29,30). The molecule has 0 aliphatic heterocycles. The molecule has 0 spiro atoms. The zero-order chi connectivity index (χ0) is 25.9. The maximum Gasteiger partial charge on any atom is 0.347 e. The summed E-state index contributed by atoms with van der Waals surface area (Å²) in [6.07, 6.45) is 1.16. The molecule has 0 radical (unpaired) electrons. The monoisotopic (exact) mass is 520 g/mol. The highest BCUT2D eigenvalue weighted by Crippen LogP contribution is 2.27. The molecule has 0 aliphatic rings. The Kier molecular flexibility index (Phi) is 6.96. The average Bonchev–Trinajstić information content (AvgIpc) is 3.22. The number of hydrogen-bond acceptors (Lipinski definition) is 10. The Hall–Kier alpha value is -4.34. The van der Waals surface area contributed by atoms with Gasteiger partial charge in [-0.3, -0.25) is 5.32 Å². The summed E-state index contributed by atoms with van der Waals surface area (Å²) in [4.78, 5) is 25.0. The van der Waals surface area contributed by atoms with Gasteiger partial charge < -0.3 is 10.4 Å². The predicted molar refractivity (Wildman–Crippen MR) is 136 cm³/mol. The van der Waals surface area contributed by atoms with Crippen molar-refractivity contribution in [2.45, 2.75) is 18.4 Å². The second kappa shape index (κ2) is 10.1. The SMILES string of the molecule is Cc1nc(Nc2nc(NCc3ccc(S(C)(=O)=O)cc3)cc(-c3ccc(C#N)cc3)n2)sc1C(=O)O. The number of aryl methyl sites for hydroxylation is 1. The van der Waals surface area contributed by atoms with Gasteiger partial charge in [-0.25, -0.2) is 23.2 Å². The van der Waals surface area contributed by atoms with Gasteiger partial charge in [0.2, 0.25) is 5.95 Å². The lowest BCUT2D eigenvalue weighted by molar-refractivity contribution is 0.0701. The summed E-state index contributed by atoms with van der Waals surface area (Å²) < 4.78 is 23.4. The lowest BCUT2D eigenvalue weighted by Crippen LogP contribution is -2.06. The van der Waals surface area contributed by atoms with Gasteiger partial charge >= 0.3 is 5.97 Å². The van der Waals surface area contributed by atoms with Crippen LogP contribution in [0.15, 0.2) is 59.5 Å². The highest BCUT2D eigenvalue weighted by Gasteiger charge is 2.16. The highest BCUT2D eigenvalue weighted by molar-refractivity contribution is 7.90. The Bertz CT molecular complexity index is 1570. The van der Waals surface area contributed by atoms with Crippen molar-refractivity contribution in [1.82, 2.24) is 15.0 Å². The summed E-state index contributed by atoms with van der Waals surface area (Å²) in [7, 11) is -3.28. The van der Waals surface area contributed by atoms with Crippen molar-refractivity contribution in [2.75, 3.05) is 16.9 Å². The highest BCUT2D eigenvalue weighted by atomic mass is 32.2. The molecule has 0 saturated heterocycles. The van der Waals surface area contributed by atoms with E-state index in [9.17, 15) is 18.3 Å². The lowest BCUT2D eigenvalue weighted by Gasteiger charge is -2.11. The maximum absolute atomic E-state index is 11.7. The number of nitrogens with one attached hydrogen (secondary N) is 2. The number of carboxylic acids is 1. The van der Waals surface area contributed by atoms with Crippen LogP contribution >= 0.6 is 11.3 Å². The summed E-state index contributed by atoms with van der Waals surface area (Å²) in [5.41, 5.74) is 3.06. The largest absolute Gasteiger partial charge is 0.477 e. The minimum Gasteiger partial charge on any atom is -0.477 e. The molecule has 0 aliphatic carbocycles. The third-order valence-corrected chi connectivity index (χ3v) is 7.26. The van der Waals surface area contributed by atoms with Crippen LogP contribution < -0.4 is 10.6 Å². The molecule has 3 N–H and O–H groups in total. The molecule has 4 rings (SSSR count). The quantitative estimate of drug-likeness (QED) is 0.307. The van der Waals surface area contributed by atoms with Gasteiger partial charge in [-0.15, -0.1) is 0 Å². The van der Waals surface area contributed by atoms with Crippen LogP contribution in [-0.2, 0) is 16.4 Å². The summed E-state index contributed by atoms with van der Waals surface area (Å²) in [5, 5.41) is 24.9. The Morgan fingerprint density at radius 2 is 1.78 bits per heavy atom. The fourth-order valence-electron chi connectivity index (χ4n) is 3.25. The number of aromatic nitrogens is 3. The number of nitriles is 1. The summed E-state index contributed by atoms with van der Waals surface area (Å²) >= 11 is 0.981. The maximum atomic E-state index is 11.7. The number of carboxylic acid groups (broad SMARTS) is 1. The number of nitrogens with zero attached hydrogens (tertiary/aromatic N) is 4. The molecule has 2 heterocycles. The van der Waals surface area contributed by atoms with E-state index in [0.717, 1.165) is 28.7 Å². The molecule has 12 heteroatoms. The molecule has 10 nitrogen and oxygen atoms in total. The van der Waals surface area contributed by atoms with Gasteiger partial charge in [0.1, 0.15) is 10.7 Å². The van der Waals surface area contributed by atoms with E-state index in [1.54, 1.807) is 61.5 Å². The molecule has 2 aromatic heterocycles. The minimum absolute atomic E-state index is 0.122. The molecule has 4 aromatic rings. The van der Waals surface area contributed by atoms with Crippen LogP contribution in [0.25, 0.3) is 11.3 Å². The van der Waals surface area contributed by atoms with Crippen LogP contribution in [0.2, 0.25) is 0 Å². The Morgan fingerprint density at radius 3 is 2.36 bits per heavy atom. The molecule has 0 saturated carbocycles. The zero-order valence-corrected chi connectivity index (χ0v) is 20.8. The Morgan fingerprint density at radius 1 is 1.08 bits per heavy atom. The van der Waals surface area contributed by atoms with E-state index in [4.69, 9.17) is 5.26 Å². The second-order valence-electron chi connectivity index (χ2n) is 7.78. The van der Waals surface area contributed by atoms with E-state index in [0.29, 0.717) is 34.4 Å². The Balaban J connectivity index is 1.64. The number of anilines is 3. The summed E-state index contributed by atoms with van der Waals surface area (Å²) in [6.45, 7) is 1.98. The van der Waals surface area contributed by atoms with Crippen molar-refractivity contribution in [3.8, 4) is 17.3 Å². The van der Waals surface area contributed by atoms with Gasteiger partial charge in [0.05, 0.1) is 27.9 Å². The first-order valence-electron chi connectivity index (χ1n) is 10.5. The fourth-order valence-corrected chi connectivity index (χ4v) is 4.68. The number of rotatable bonds is 8. The van der Waals surface area contributed by atoms with Gasteiger partial charge in [0, 0.05) is 24.4 Å². The average molecular weight is 521 g/mol. The molecule has 36 heavy (non-hydrogen) atoms. The molecular weight excluding hydrogens is 500 g/mol. The Labute approximate surface area is 211 Å². The topological polar surface area (TPSA) is 158 Å². The summed E-state index contributed by atoms with van der Waals surface area (Å²) in [5.74, 6) is -0.377. The molecule has 0 unspecified atom stereocenters. The predicted octanol–water partition coefficient (Wildman–Crippen LogP) is 4.24. The van der Waals surface area contributed by atoms with Gasteiger partial charge in [0.25, 0.3) is 0 Å². The molecule has 0 amide bonds. The van der Waals surface area contributed by atoms with E-state index in [1.165, 1.54) is 0 Å². The molecule has 0 bridgehead atoms. The van der Waals surface area contributed by atoms with Crippen LogP contribution in [0, 0.1) is 18.3 Å². The second-order valence-corrected chi connectivity index (χ2v) is 10.8. The van der Waals surface area contributed by atoms with Crippen LogP contribution in [0.5, 0.6) is 0 Å². The number of sulfone groups is 1. The molecule has 182 valence electrons. The van der Waals surface area contributed by atoms with E-state index < -0.39 is 15.8 Å². The molecule has 0 atom stereocenters. The van der Waals surface area contributed by atoms with Gasteiger partial charge in [0.15, 0.2) is 15.0 Å². The first-order valence-corrected chi connectivity index (χ1v) is 13.2. The fraction of sp³-hybridized carbons (Fsp3) is 0.125. The molecule has 2 aromatic carbocycles. The van der Waals surface area contributed by atoms with Crippen LogP contribution in [0.4, 0.5) is 16.9 Å². The minimum atomic E-state index is -3.28. The van der Waals surface area contributed by atoms with E-state index >= 15 is 0 Å². The number of thiazole rings is 1. The van der Waals surface area contributed by atoms with Crippen LogP contribution in [0.1, 0.15) is 26.5 Å². The van der Waals surface area contributed by atoms with E-state index in [2.05, 4.69) is 31.7 Å². The smallest absolute Gasteiger partial charge is 0.347 e. The van der Waals surface area contributed by atoms with E-state index in [1.807, 2.05) is 0 Å². The van der Waals surface area contributed by atoms with Crippen LogP contribution in [-0.4, -0.2) is 40.7 Å². The zero-order valence-electron chi connectivity index (χ0n) is 19.2. The molecule has 0 fully saturated rings. The molecular formula is C24H20N6O4S2. The van der Waals surface area contributed by atoms with Crippen molar-refractivity contribution in [3.05, 3.63) is 76.3 Å². The number of carbonyl (C=O) groups is 1. The van der Waals surface area contributed by atoms with Crippen molar-refractivity contribution >= 4 is 44.0 Å². The van der Waals surface area contributed by atoms with Gasteiger partial charge in [-0.2, -0.15) is 10.2 Å². The van der Waals surface area contributed by atoms with Gasteiger partial charge in [-0.05, 0) is 36.8 Å².